The molecular formula is C13H14BrNO3S2. The number of benzene rings is 1. The SMILES string of the molecule is O=S(=O)(Nc1cccc(CCCO)c1)c1sccc1Br. The minimum absolute atomic E-state index is 0.123. The van der Waals surface area contributed by atoms with E-state index in [1.54, 1.807) is 29.6 Å². The molecule has 0 aliphatic heterocycles. The molecule has 4 nitrogen and oxygen atoms in total. The smallest absolute Gasteiger partial charge is 0.272 e. The van der Waals surface area contributed by atoms with E-state index in [1.165, 1.54) is 0 Å². The van der Waals surface area contributed by atoms with Crippen LogP contribution >= 0.6 is 27.3 Å². The van der Waals surface area contributed by atoms with Gasteiger partial charge < -0.3 is 5.11 Å². The summed E-state index contributed by atoms with van der Waals surface area (Å²) < 4.78 is 27.9. The average molecular weight is 376 g/mol. The minimum Gasteiger partial charge on any atom is -0.396 e. The van der Waals surface area contributed by atoms with Crippen molar-refractivity contribution < 1.29 is 13.5 Å². The number of sulfonamides is 1. The maximum absolute atomic E-state index is 12.2. The third-order valence-electron chi connectivity index (χ3n) is 2.63. The van der Waals surface area contributed by atoms with Gasteiger partial charge in [-0.05, 0) is 57.9 Å². The standard InChI is InChI=1S/C13H14BrNO3S2/c14-12-6-8-19-13(12)20(17,18)15-11-5-1-3-10(9-11)4-2-7-16/h1,3,5-6,8-9,15-16H,2,4,7H2. The number of hydrogen-bond acceptors (Lipinski definition) is 4. The third-order valence-corrected chi connectivity index (χ3v) is 6.68. The van der Waals surface area contributed by atoms with E-state index in [0.29, 0.717) is 16.6 Å². The van der Waals surface area contributed by atoms with Gasteiger partial charge in [0.05, 0.1) is 0 Å². The summed E-state index contributed by atoms with van der Waals surface area (Å²) in [5.74, 6) is 0. The molecule has 1 heterocycles. The molecule has 0 aliphatic rings. The van der Waals surface area contributed by atoms with Crippen molar-refractivity contribution in [2.75, 3.05) is 11.3 Å². The van der Waals surface area contributed by atoms with E-state index in [2.05, 4.69) is 20.7 Å². The highest BCUT2D eigenvalue weighted by atomic mass is 79.9. The van der Waals surface area contributed by atoms with Crippen LogP contribution in [0, 0.1) is 0 Å². The summed E-state index contributed by atoms with van der Waals surface area (Å²) in [4.78, 5) is 0. The van der Waals surface area contributed by atoms with Crippen molar-refractivity contribution in [2.45, 2.75) is 17.1 Å². The maximum atomic E-state index is 12.2. The van der Waals surface area contributed by atoms with Crippen molar-refractivity contribution in [3.8, 4) is 0 Å². The van der Waals surface area contributed by atoms with Crippen LogP contribution in [0.25, 0.3) is 0 Å². The molecule has 7 heteroatoms. The van der Waals surface area contributed by atoms with E-state index < -0.39 is 10.0 Å². The first-order valence-electron chi connectivity index (χ1n) is 5.98. The lowest BCUT2D eigenvalue weighted by Crippen LogP contribution is -2.12. The Balaban J connectivity index is 2.19. The van der Waals surface area contributed by atoms with E-state index in [9.17, 15) is 8.42 Å². The van der Waals surface area contributed by atoms with Gasteiger partial charge in [0.1, 0.15) is 0 Å². The van der Waals surface area contributed by atoms with Gasteiger partial charge in [-0.25, -0.2) is 8.42 Å². The molecule has 0 saturated heterocycles. The molecule has 0 aliphatic carbocycles. The van der Waals surface area contributed by atoms with Crippen molar-refractivity contribution >= 4 is 43.0 Å². The zero-order valence-electron chi connectivity index (χ0n) is 10.5. The molecule has 20 heavy (non-hydrogen) atoms. The first kappa shape index (κ1) is 15.5. The van der Waals surface area contributed by atoms with E-state index >= 15 is 0 Å². The average Bonchev–Trinajstić information content (AvgIpc) is 2.83. The van der Waals surface area contributed by atoms with E-state index in [0.717, 1.165) is 23.3 Å². The van der Waals surface area contributed by atoms with E-state index in [1.807, 2.05) is 6.07 Å². The number of rotatable bonds is 6. The number of halogens is 1. The zero-order valence-corrected chi connectivity index (χ0v) is 13.8. The Morgan fingerprint density at radius 1 is 1.30 bits per heavy atom. The second kappa shape index (κ2) is 6.71. The summed E-state index contributed by atoms with van der Waals surface area (Å²) in [5, 5.41) is 10.5. The van der Waals surface area contributed by atoms with Crippen LogP contribution in [0.3, 0.4) is 0 Å². The molecular weight excluding hydrogens is 362 g/mol. The number of aryl methyl sites for hydroxylation is 1. The Bertz CT molecular complexity index is 682. The summed E-state index contributed by atoms with van der Waals surface area (Å²) in [5.41, 5.74) is 1.52. The van der Waals surface area contributed by atoms with E-state index in [-0.39, 0.29) is 10.8 Å². The molecule has 1 aromatic carbocycles. The fourth-order valence-corrected chi connectivity index (χ4v) is 5.13. The monoisotopic (exact) mass is 375 g/mol. The highest BCUT2D eigenvalue weighted by Crippen LogP contribution is 2.29. The first-order valence-corrected chi connectivity index (χ1v) is 9.14. The van der Waals surface area contributed by atoms with Crippen LogP contribution < -0.4 is 4.72 Å². The summed E-state index contributed by atoms with van der Waals surface area (Å²) in [6.45, 7) is 0.123. The quantitative estimate of drug-likeness (QED) is 0.814. The zero-order chi connectivity index (χ0) is 14.6. The summed E-state index contributed by atoms with van der Waals surface area (Å²) in [7, 11) is -3.57. The Morgan fingerprint density at radius 2 is 2.10 bits per heavy atom. The Labute approximate surface area is 130 Å². The van der Waals surface area contributed by atoms with Crippen LogP contribution in [0.1, 0.15) is 12.0 Å². The molecule has 0 saturated carbocycles. The maximum Gasteiger partial charge on any atom is 0.272 e. The number of anilines is 1. The van der Waals surface area contributed by atoms with Gasteiger partial charge in [-0.2, -0.15) is 0 Å². The van der Waals surface area contributed by atoms with Crippen molar-refractivity contribution in [3.05, 3.63) is 45.7 Å². The molecule has 0 unspecified atom stereocenters. The molecule has 0 radical (unpaired) electrons. The van der Waals surface area contributed by atoms with Crippen LogP contribution in [0.15, 0.2) is 44.4 Å². The lowest BCUT2D eigenvalue weighted by atomic mass is 10.1. The fraction of sp³-hybridized carbons (Fsp3) is 0.231. The van der Waals surface area contributed by atoms with Crippen molar-refractivity contribution in [3.63, 3.8) is 0 Å². The summed E-state index contributed by atoms with van der Waals surface area (Å²) in [6.07, 6.45) is 1.38. The molecule has 0 atom stereocenters. The largest absolute Gasteiger partial charge is 0.396 e. The third kappa shape index (κ3) is 3.82. The Kier molecular flexibility index (Phi) is 5.20. The van der Waals surface area contributed by atoms with Crippen LogP contribution in [0.5, 0.6) is 0 Å². The van der Waals surface area contributed by atoms with Crippen molar-refractivity contribution in [1.29, 1.82) is 0 Å². The van der Waals surface area contributed by atoms with Crippen molar-refractivity contribution in [2.24, 2.45) is 0 Å². The second-order valence-corrected chi connectivity index (χ2v) is 7.84. The molecule has 2 rings (SSSR count). The highest BCUT2D eigenvalue weighted by molar-refractivity contribution is 9.10. The van der Waals surface area contributed by atoms with Gasteiger partial charge in [0.15, 0.2) is 4.21 Å². The molecule has 108 valence electrons. The van der Waals surface area contributed by atoms with Gasteiger partial charge in [-0.15, -0.1) is 11.3 Å². The predicted octanol–water partition coefficient (Wildman–Crippen LogP) is 3.24. The Hall–Kier alpha value is -0.890. The number of nitrogens with one attached hydrogen (secondary N) is 1. The van der Waals surface area contributed by atoms with Gasteiger partial charge in [0, 0.05) is 16.8 Å². The Morgan fingerprint density at radius 3 is 2.75 bits per heavy atom. The van der Waals surface area contributed by atoms with Crippen LogP contribution in [0.2, 0.25) is 0 Å². The number of thiophene rings is 1. The number of hydrogen-bond donors (Lipinski definition) is 2. The lowest BCUT2D eigenvalue weighted by molar-refractivity contribution is 0.288. The molecule has 2 aromatic rings. The molecule has 2 N–H and O–H groups in total. The first-order chi connectivity index (χ1) is 9.53. The normalized spacial score (nSPS) is 11.5. The second-order valence-electron chi connectivity index (χ2n) is 4.19. The fourth-order valence-electron chi connectivity index (χ4n) is 1.75. The summed E-state index contributed by atoms with van der Waals surface area (Å²) in [6, 6.07) is 8.91. The summed E-state index contributed by atoms with van der Waals surface area (Å²) >= 11 is 4.39. The van der Waals surface area contributed by atoms with Crippen LogP contribution in [-0.2, 0) is 16.4 Å². The van der Waals surface area contributed by atoms with Gasteiger partial charge >= 0.3 is 0 Å². The van der Waals surface area contributed by atoms with Crippen molar-refractivity contribution in [1.82, 2.24) is 0 Å². The number of aliphatic hydroxyl groups is 1. The molecule has 0 fully saturated rings. The van der Waals surface area contributed by atoms with Crippen LogP contribution in [0.4, 0.5) is 5.69 Å². The van der Waals surface area contributed by atoms with E-state index in [4.69, 9.17) is 5.11 Å². The van der Waals surface area contributed by atoms with Gasteiger partial charge in [-0.3, -0.25) is 4.72 Å². The van der Waals surface area contributed by atoms with Gasteiger partial charge in [0.25, 0.3) is 10.0 Å². The molecule has 0 spiro atoms. The highest BCUT2D eigenvalue weighted by Gasteiger charge is 2.19. The predicted molar refractivity (Wildman–Crippen MR) is 84.7 cm³/mol. The molecule has 0 bridgehead atoms. The van der Waals surface area contributed by atoms with Gasteiger partial charge in [0.2, 0.25) is 0 Å². The van der Waals surface area contributed by atoms with Crippen LogP contribution in [-0.4, -0.2) is 20.1 Å². The molecule has 0 amide bonds. The lowest BCUT2D eigenvalue weighted by Gasteiger charge is -2.08. The molecule has 1 aromatic heterocycles. The topological polar surface area (TPSA) is 66.4 Å². The minimum atomic E-state index is -3.57. The van der Waals surface area contributed by atoms with Gasteiger partial charge in [-0.1, -0.05) is 12.1 Å². The number of aliphatic hydroxyl groups excluding tert-OH is 1.